The molecule has 1 fully saturated rings. The molecule has 14 rings (SSSR count). The maximum Gasteiger partial charge on any atom is 0.342 e. The quantitative estimate of drug-likeness (QED) is 0.0195. The number of fused-ring (bicyclic) bond motifs is 10. The van der Waals surface area contributed by atoms with Crippen LogP contribution in [0.3, 0.4) is 0 Å². The van der Waals surface area contributed by atoms with Crippen molar-refractivity contribution in [2.75, 3.05) is 0 Å². The van der Waals surface area contributed by atoms with Crippen molar-refractivity contribution in [1.29, 1.82) is 0 Å². The fourth-order valence-electron chi connectivity index (χ4n) is 20.9. The smallest absolute Gasteiger partial charge is 0.342 e. The number of phenols is 6. The topological polar surface area (TPSA) is 346 Å². The van der Waals surface area contributed by atoms with Gasteiger partial charge in [-0.2, -0.15) is 0 Å². The highest BCUT2D eigenvalue weighted by atomic mass is 16.6. The molecule has 4 heterocycles. The van der Waals surface area contributed by atoms with Crippen molar-refractivity contribution in [3.05, 3.63) is 162 Å². The minimum Gasteiger partial charge on any atom is -0.508 e. The molecular formula is C102H142O20. The highest BCUT2D eigenvalue weighted by Crippen LogP contribution is 2.62. The monoisotopic (exact) mass is 1690 g/mol. The van der Waals surface area contributed by atoms with Gasteiger partial charge < -0.3 is 95.2 Å². The molecule has 9 aliphatic rings. The molecule has 670 valence electrons. The second kappa shape index (κ2) is 36.1. The molecule has 0 saturated heterocycles. The third kappa shape index (κ3) is 18.2. The second-order valence-corrected chi connectivity index (χ2v) is 39.6. The van der Waals surface area contributed by atoms with Crippen LogP contribution in [0.25, 0.3) is 11.1 Å². The van der Waals surface area contributed by atoms with E-state index in [4.69, 9.17) is 23.7 Å². The van der Waals surface area contributed by atoms with Gasteiger partial charge in [-0.3, -0.25) is 0 Å². The summed E-state index contributed by atoms with van der Waals surface area (Å²) in [4.78, 5) is 14.4. The number of rotatable bonds is 20. The molecule has 7 unspecified atom stereocenters. The molecule has 0 amide bonds. The Labute approximate surface area is 723 Å². The molecular weight excluding hydrogens is 1550 g/mol. The van der Waals surface area contributed by atoms with Gasteiger partial charge in [-0.1, -0.05) is 103 Å². The maximum absolute atomic E-state index is 14.4. The van der Waals surface area contributed by atoms with E-state index in [0.29, 0.717) is 94.9 Å². The number of phenolic OH excluding ortho intramolecular Hbond substituents is 6. The lowest BCUT2D eigenvalue weighted by Gasteiger charge is -2.58. The van der Waals surface area contributed by atoms with E-state index in [9.17, 15) is 76.3 Å². The summed E-state index contributed by atoms with van der Waals surface area (Å²) in [5.41, 5.74) is 2.25. The van der Waals surface area contributed by atoms with Gasteiger partial charge in [0, 0.05) is 47.3 Å². The summed E-state index contributed by atoms with van der Waals surface area (Å²) < 4.78 is 31.2. The molecule has 0 spiro atoms. The number of unbranched alkanes of at least 4 members (excludes halogenated alkanes) is 6. The first-order chi connectivity index (χ1) is 57.0. The van der Waals surface area contributed by atoms with E-state index >= 15 is 0 Å². The number of esters is 1. The van der Waals surface area contributed by atoms with Gasteiger partial charge in [-0.15, -0.1) is 0 Å². The van der Waals surface area contributed by atoms with Gasteiger partial charge in [0.25, 0.3) is 0 Å². The predicted molar refractivity (Wildman–Crippen MR) is 477 cm³/mol. The highest BCUT2D eigenvalue weighted by molar-refractivity contribution is 5.96. The Morgan fingerprint density at radius 2 is 1.04 bits per heavy atom. The van der Waals surface area contributed by atoms with Crippen LogP contribution in [0.1, 0.15) is 338 Å². The Morgan fingerprint density at radius 1 is 0.525 bits per heavy atom. The molecule has 1 saturated carbocycles. The number of benzene rings is 5. The van der Waals surface area contributed by atoms with Crippen LogP contribution in [0.5, 0.6) is 57.5 Å². The van der Waals surface area contributed by atoms with Gasteiger partial charge in [0.05, 0.1) is 46.2 Å². The van der Waals surface area contributed by atoms with Crippen molar-refractivity contribution < 1.29 is 100.0 Å². The van der Waals surface area contributed by atoms with Crippen LogP contribution in [0.4, 0.5) is 0 Å². The first-order valence-electron chi connectivity index (χ1n) is 45.1. The summed E-state index contributed by atoms with van der Waals surface area (Å²) in [5, 5.41) is 154. The molecule has 14 N–H and O–H groups in total. The van der Waals surface area contributed by atoms with Gasteiger partial charge in [-0.05, 0) is 317 Å². The Balaban J connectivity index is 0.000000169. The number of ether oxygens (including phenoxy) is 5. The number of aromatic hydroxyl groups is 6. The third-order valence-corrected chi connectivity index (χ3v) is 28.1. The number of aryl methyl sites for hydroxylation is 5. The van der Waals surface area contributed by atoms with E-state index in [2.05, 4.69) is 47.3 Å². The van der Waals surface area contributed by atoms with Crippen LogP contribution in [-0.4, -0.2) is 147 Å². The Hall–Kier alpha value is -8.05. The number of hydrogen-bond donors (Lipinski definition) is 14. The van der Waals surface area contributed by atoms with E-state index in [0.717, 1.165) is 171 Å². The highest BCUT2D eigenvalue weighted by Gasteiger charge is 2.69. The zero-order valence-electron chi connectivity index (χ0n) is 76.1. The fraction of sp³-hybridized carbons (Fsp3) is 0.598. The molecule has 13 atom stereocenters. The van der Waals surface area contributed by atoms with Gasteiger partial charge >= 0.3 is 5.97 Å². The normalized spacial score (nSPS) is 28.8. The Bertz CT molecular complexity index is 4850. The van der Waals surface area contributed by atoms with E-state index in [-0.39, 0.29) is 75.7 Å². The summed E-state index contributed by atoms with van der Waals surface area (Å²) in [6.07, 6.45) is 18.9. The van der Waals surface area contributed by atoms with Crippen molar-refractivity contribution in [3.63, 3.8) is 0 Å². The molecule has 0 bridgehead atoms. The lowest BCUT2D eigenvalue weighted by atomic mass is 9.60. The van der Waals surface area contributed by atoms with Crippen LogP contribution in [0.15, 0.2) is 101 Å². The molecule has 4 aliphatic heterocycles. The lowest BCUT2D eigenvalue weighted by molar-refractivity contribution is -0.272. The second-order valence-electron chi connectivity index (χ2n) is 39.6. The van der Waals surface area contributed by atoms with Crippen LogP contribution >= 0.6 is 0 Å². The van der Waals surface area contributed by atoms with Crippen LogP contribution in [0.2, 0.25) is 0 Å². The third-order valence-electron chi connectivity index (χ3n) is 28.1. The first-order valence-corrected chi connectivity index (χ1v) is 45.1. The summed E-state index contributed by atoms with van der Waals surface area (Å²) in [6.45, 7) is 40.9. The van der Waals surface area contributed by atoms with Crippen molar-refractivity contribution in [1.82, 2.24) is 0 Å². The number of hydrogen-bond acceptors (Lipinski definition) is 20. The van der Waals surface area contributed by atoms with E-state index in [1.807, 2.05) is 79.7 Å². The van der Waals surface area contributed by atoms with Crippen molar-refractivity contribution >= 4 is 17.1 Å². The molecule has 20 heteroatoms. The van der Waals surface area contributed by atoms with Crippen molar-refractivity contribution in [2.24, 2.45) is 11.8 Å². The van der Waals surface area contributed by atoms with E-state index in [1.54, 1.807) is 71.9 Å². The van der Waals surface area contributed by atoms with Crippen LogP contribution in [-0.2, 0) is 42.4 Å². The van der Waals surface area contributed by atoms with Crippen LogP contribution < -0.4 is 18.9 Å². The average molecular weight is 1690 g/mol. The van der Waals surface area contributed by atoms with Gasteiger partial charge in [0.2, 0.25) is 0 Å². The molecule has 5 aromatic rings. The number of carbonyl (C=O) groups excluding carboxylic acids is 1. The summed E-state index contributed by atoms with van der Waals surface area (Å²) in [5.74, 6) is 0.802. The van der Waals surface area contributed by atoms with Gasteiger partial charge in [0.1, 0.15) is 97.2 Å². The van der Waals surface area contributed by atoms with Gasteiger partial charge in [-0.25, -0.2) is 4.79 Å². The van der Waals surface area contributed by atoms with E-state index < -0.39 is 80.8 Å². The molecule has 0 radical (unpaired) electrons. The summed E-state index contributed by atoms with van der Waals surface area (Å²) in [7, 11) is 0. The fourth-order valence-corrected chi connectivity index (χ4v) is 20.9. The van der Waals surface area contributed by atoms with Crippen molar-refractivity contribution in [3.8, 4) is 57.5 Å². The SMILES string of the molecule is C=C(C)[C@@H]1CCC(C)=C[C@H]1c1c(O)cc(CCCCC)c(C(=O)OC2(C)CCC3=C(c4c(O)cc(CCCC)cc4OC3(C)C)C2O)c1O.CCCCc1cc(O)c2c(c1)OC(C)(C)C1(O)C(O)CC(C)=CC21O.CCCCc1cc(O)c2c(c1)OC(C)(C)C1=C2CC(C)(O)C(O)C1.CCCCc1cc(O)c2c(c1)OC(C)(C)[C@@H]1CC[C@](C)(O)[C@@H](O)[C@@H]21. The molecule has 5 aliphatic carbocycles. The Kier molecular flexibility index (Phi) is 28.0. The minimum atomic E-state index is -1.98. The zero-order chi connectivity index (χ0) is 89.9. The Morgan fingerprint density at radius 3 is 1.61 bits per heavy atom. The minimum absolute atomic E-state index is 0.00883. The molecule has 5 aromatic carbocycles. The van der Waals surface area contributed by atoms with Gasteiger partial charge in [0.15, 0.2) is 11.2 Å². The number of aliphatic hydroxyl groups is 8. The van der Waals surface area contributed by atoms with Crippen LogP contribution in [0, 0.1) is 11.8 Å². The predicted octanol–water partition coefficient (Wildman–Crippen LogP) is 19.2. The number of aliphatic hydroxyl groups excluding tert-OH is 4. The molecule has 122 heavy (non-hydrogen) atoms. The van der Waals surface area contributed by atoms with E-state index in [1.165, 1.54) is 6.08 Å². The number of allylic oxidation sites excluding steroid dienone is 3. The lowest BCUT2D eigenvalue weighted by Crippen LogP contribution is -2.74. The molecule has 20 nitrogen and oxygen atoms in total. The summed E-state index contributed by atoms with van der Waals surface area (Å²) in [6, 6.07) is 16.3. The number of carbonyl (C=O) groups is 1. The maximum atomic E-state index is 14.4. The van der Waals surface area contributed by atoms with Crippen molar-refractivity contribution in [2.45, 2.75) is 379 Å². The zero-order valence-corrected chi connectivity index (χ0v) is 76.1. The first kappa shape index (κ1) is 94.6. The largest absolute Gasteiger partial charge is 0.508 e. The average Bonchev–Trinajstić information content (AvgIpc) is 0.683. The summed E-state index contributed by atoms with van der Waals surface area (Å²) >= 11 is 0. The standard InChI is InChI=1S/C42H56O7.C20H28O5.C20H28O4.C20H30O4/c1-9-11-13-15-27-23-32(44)35(29-20-25(5)16-17-28(29)24(3)4)38(45)34(27)40(47)49-42(8)19-18-30-36(39(42)46)37-31(43)21-26(14-12-10-2)22-33(37)48-41(30,6)7;1-5-6-7-13-9-14(21)17-15(10-13)25-18(3,4)20(24)16(22)8-12(2)11-19(17,20)23;1-5-6-7-12-8-15(21)18-13-11-20(4,23)17(22)10-14(13)19(2,3)24-16(18)9-12;1-5-6-7-12-10-14(21)17-15(11-12)24-19(2,3)13-8-9-20(4,23)18(22)16(13)17/h20-23,28-29,39,43-46H,3,9-19H2,1-2,4-8H3;9-11,16,21-24H,5-8H2,1-4H3;8-9,17,21-23H,5-7,10-11H2,1-4H3;10-11,13,16,18,21-23H,5-9H2,1-4H3/t28-,29+,39?,42?;;;13-,16-,18+,20+/m0..1/s1. The molecule has 0 aromatic heterocycles.